The van der Waals surface area contributed by atoms with Crippen LogP contribution in [0.25, 0.3) is 11.3 Å². The van der Waals surface area contributed by atoms with Crippen LogP contribution >= 0.6 is 0 Å². The molecule has 0 bridgehead atoms. The number of aromatic amines is 1. The molecular weight excluding hydrogens is 246 g/mol. The second-order valence-corrected chi connectivity index (χ2v) is 5.73. The molecule has 3 heteroatoms. The minimum absolute atomic E-state index is 0.317. The zero-order valence-electron chi connectivity index (χ0n) is 12.7. The van der Waals surface area contributed by atoms with Crippen molar-refractivity contribution in [3.05, 3.63) is 41.9 Å². The van der Waals surface area contributed by atoms with Gasteiger partial charge in [0.2, 0.25) is 0 Å². The molecular formula is C17H25N3. The number of nitrogens with one attached hydrogen (secondary N) is 1. The van der Waals surface area contributed by atoms with E-state index in [-0.39, 0.29) is 0 Å². The number of aromatic nitrogens is 2. The number of hydrogen-bond donors (Lipinski definition) is 2. The fourth-order valence-electron chi connectivity index (χ4n) is 2.60. The average molecular weight is 271 g/mol. The number of nitrogens with two attached hydrogens (primary N) is 1. The van der Waals surface area contributed by atoms with Crippen LogP contribution in [-0.2, 0) is 6.42 Å². The third kappa shape index (κ3) is 3.28. The zero-order valence-corrected chi connectivity index (χ0v) is 12.7. The second-order valence-electron chi connectivity index (χ2n) is 5.73. The Morgan fingerprint density at radius 2 is 1.90 bits per heavy atom. The molecule has 2 rings (SSSR count). The molecule has 1 unspecified atom stereocenters. The molecule has 0 saturated heterocycles. The van der Waals surface area contributed by atoms with Crippen LogP contribution in [0.4, 0.5) is 0 Å². The van der Waals surface area contributed by atoms with E-state index in [0.29, 0.717) is 18.4 Å². The fourth-order valence-corrected chi connectivity index (χ4v) is 2.60. The van der Waals surface area contributed by atoms with Gasteiger partial charge in [0.1, 0.15) is 5.82 Å². The van der Waals surface area contributed by atoms with E-state index in [1.54, 1.807) is 0 Å². The molecule has 0 aliphatic carbocycles. The lowest BCUT2D eigenvalue weighted by Crippen LogP contribution is -2.16. The summed E-state index contributed by atoms with van der Waals surface area (Å²) in [4.78, 5) is 8.34. The molecule has 0 fully saturated rings. The molecule has 1 aromatic heterocycles. The first-order chi connectivity index (χ1) is 9.65. The van der Waals surface area contributed by atoms with E-state index in [9.17, 15) is 0 Å². The summed E-state index contributed by atoms with van der Waals surface area (Å²) in [5, 5.41) is 0. The number of aryl methyl sites for hydroxylation is 1. The van der Waals surface area contributed by atoms with Crippen LogP contribution in [0.5, 0.6) is 0 Å². The van der Waals surface area contributed by atoms with Gasteiger partial charge in [0.05, 0.1) is 5.69 Å². The minimum Gasteiger partial charge on any atom is -0.345 e. The molecule has 3 N–H and O–H groups in total. The molecule has 0 spiro atoms. The maximum Gasteiger partial charge on any atom is 0.111 e. The highest BCUT2D eigenvalue weighted by atomic mass is 14.9. The van der Waals surface area contributed by atoms with Crippen molar-refractivity contribution in [2.45, 2.75) is 39.5 Å². The fraction of sp³-hybridized carbons (Fsp3) is 0.471. The Balaban J connectivity index is 2.35. The van der Waals surface area contributed by atoms with Gasteiger partial charge in [0.25, 0.3) is 0 Å². The molecule has 0 aliphatic rings. The third-order valence-corrected chi connectivity index (χ3v) is 3.62. The van der Waals surface area contributed by atoms with Gasteiger partial charge in [-0.05, 0) is 18.8 Å². The number of rotatable bonds is 6. The summed E-state index contributed by atoms with van der Waals surface area (Å²) in [5.74, 6) is 1.98. The lowest BCUT2D eigenvalue weighted by atomic mass is 9.97. The molecule has 108 valence electrons. The third-order valence-electron chi connectivity index (χ3n) is 3.62. The number of hydrogen-bond acceptors (Lipinski definition) is 2. The van der Waals surface area contributed by atoms with E-state index in [4.69, 9.17) is 10.7 Å². The van der Waals surface area contributed by atoms with Crippen LogP contribution in [0.15, 0.2) is 30.3 Å². The van der Waals surface area contributed by atoms with Crippen molar-refractivity contribution < 1.29 is 0 Å². The van der Waals surface area contributed by atoms with Crippen LogP contribution in [0.1, 0.15) is 44.6 Å². The van der Waals surface area contributed by atoms with Crippen molar-refractivity contribution in [2.75, 3.05) is 6.54 Å². The van der Waals surface area contributed by atoms with Gasteiger partial charge in [0.15, 0.2) is 0 Å². The summed E-state index contributed by atoms with van der Waals surface area (Å²) < 4.78 is 0. The Labute approximate surface area is 121 Å². The van der Waals surface area contributed by atoms with E-state index < -0.39 is 0 Å². The first kappa shape index (κ1) is 14.8. The van der Waals surface area contributed by atoms with Gasteiger partial charge < -0.3 is 10.7 Å². The minimum atomic E-state index is 0.317. The predicted molar refractivity (Wildman–Crippen MR) is 84.7 cm³/mol. The molecule has 0 aliphatic heterocycles. The number of benzene rings is 1. The van der Waals surface area contributed by atoms with Crippen LogP contribution in [0, 0.1) is 5.92 Å². The summed E-state index contributed by atoms with van der Waals surface area (Å²) in [6.07, 6.45) is 2.03. The molecule has 1 aromatic carbocycles. The van der Waals surface area contributed by atoms with E-state index in [1.807, 2.05) is 6.07 Å². The highest BCUT2D eigenvalue weighted by Crippen LogP contribution is 2.27. The van der Waals surface area contributed by atoms with Gasteiger partial charge in [0, 0.05) is 23.7 Å². The SMILES string of the molecule is CCc1[nH]c(C(CN)CC(C)C)nc1-c1ccccc1. The van der Waals surface area contributed by atoms with E-state index in [1.165, 1.54) is 11.3 Å². The molecule has 0 radical (unpaired) electrons. The van der Waals surface area contributed by atoms with Gasteiger partial charge in [-0.2, -0.15) is 0 Å². The molecule has 20 heavy (non-hydrogen) atoms. The van der Waals surface area contributed by atoms with Crippen molar-refractivity contribution in [3.63, 3.8) is 0 Å². The highest BCUT2D eigenvalue weighted by molar-refractivity contribution is 5.62. The standard InChI is InChI=1S/C17H25N3/c1-4-15-16(13-8-6-5-7-9-13)20-17(19-15)14(11-18)10-12(2)3/h5-9,12,14H,4,10-11,18H2,1-3H3,(H,19,20). The normalized spacial score (nSPS) is 12.8. The first-order valence-corrected chi connectivity index (χ1v) is 7.49. The summed E-state index contributed by atoms with van der Waals surface area (Å²) >= 11 is 0. The lowest BCUT2D eigenvalue weighted by Gasteiger charge is -2.14. The Morgan fingerprint density at radius 1 is 1.20 bits per heavy atom. The monoisotopic (exact) mass is 271 g/mol. The van der Waals surface area contributed by atoms with Crippen molar-refractivity contribution >= 4 is 0 Å². The van der Waals surface area contributed by atoms with Crippen molar-refractivity contribution in [2.24, 2.45) is 11.7 Å². The lowest BCUT2D eigenvalue weighted by molar-refractivity contribution is 0.490. The average Bonchev–Trinajstić information content (AvgIpc) is 2.89. The van der Waals surface area contributed by atoms with Gasteiger partial charge in [-0.3, -0.25) is 0 Å². The largest absolute Gasteiger partial charge is 0.345 e. The van der Waals surface area contributed by atoms with Gasteiger partial charge in [-0.25, -0.2) is 4.98 Å². The number of H-pyrrole nitrogens is 1. The summed E-state index contributed by atoms with van der Waals surface area (Å²) in [5.41, 5.74) is 9.38. The Hall–Kier alpha value is -1.61. The summed E-state index contributed by atoms with van der Waals surface area (Å²) in [6.45, 7) is 7.25. The Bertz CT molecular complexity index is 528. The second kappa shape index (κ2) is 6.71. The van der Waals surface area contributed by atoms with Crippen LogP contribution < -0.4 is 5.73 Å². The van der Waals surface area contributed by atoms with Gasteiger partial charge in [-0.15, -0.1) is 0 Å². The molecule has 2 aromatic rings. The molecule has 0 amide bonds. The van der Waals surface area contributed by atoms with E-state index in [2.05, 4.69) is 50.0 Å². The van der Waals surface area contributed by atoms with Crippen molar-refractivity contribution in [3.8, 4) is 11.3 Å². The van der Waals surface area contributed by atoms with Crippen molar-refractivity contribution in [1.29, 1.82) is 0 Å². The molecule has 0 saturated carbocycles. The van der Waals surface area contributed by atoms with E-state index in [0.717, 1.165) is 24.4 Å². The molecule has 1 atom stereocenters. The van der Waals surface area contributed by atoms with Crippen LogP contribution in [0.2, 0.25) is 0 Å². The Kier molecular flexibility index (Phi) is 4.96. The maximum atomic E-state index is 5.93. The molecule has 1 heterocycles. The number of nitrogens with zero attached hydrogens (tertiary/aromatic N) is 1. The first-order valence-electron chi connectivity index (χ1n) is 7.49. The quantitative estimate of drug-likeness (QED) is 0.841. The maximum absolute atomic E-state index is 5.93. The van der Waals surface area contributed by atoms with Gasteiger partial charge >= 0.3 is 0 Å². The number of imidazole rings is 1. The highest BCUT2D eigenvalue weighted by Gasteiger charge is 2.18. The zero-order chi connectivity index (χ0) is 14.5. The summed E-state index contributed by atoms with van der Waals surface area (Å²) in [7, 11) is 0. The molecule has 3 nitrogen and oxygen atoms in total. The van der Waals surface area contributed by atoms with Crippen LogP contribution in [0.3, 0.4) is 0 Å². The van der Waals surface area contributed by atoms with E-state index >= 15 is 0 Å². The Morgan fingerprint density at radius 3 is 2.45 bits per heavy atom. The topological polar surface area (TPSA) is 54.7 Å². The van der Waals surface area contributed by atoms with Crippen molar-refractivity contribution in [1.82, 2.24) is 9.97 Å². The summed E-state index contributed by atoms with van der Waals surface area (Å²) in [6, 6.07) is 10.4. The van der Waals surface area contributed by atoms with Gasteiger partial charge in [-0.1, -0.05) is 51.1 Å². The van der Waals surface area contributed by atoms with Crippen LogP contribution in [-0.4, -0.2) is 16.5 Å². The predicted octanol–water partition coefficient (Wildman–Crippen LogP) is 3.73. The smallest absolute Gasteiger partial charge is 0.111 e.